The fourth-order valence-electron chi connectivity index (χ4n) is 1.09. The highest BCUT2D eigenvalue weighted by atomic mass is 16.3. The molecule has 2 rings (SSSR count). The lowest BCUT2D eigenvalue weighted by Gasteiger charge is -1.96. The van der Waals surface area contributed by atoms with Crippen molar-refractivity contribution in [3.8, 4) is 5.75 Å². The van der Waals surface area contributed by atoms with Crippen LogP contribution < -0.4 is 0 Å². The van der Waals surface area contributed by atoms with Gasteiger partial charge in [-0.2, -0.15) is 0 Å². The molecule has 2 aromatic rings. The molecule has 1 aromatic heterocycles. The fourth-order valence-corrected chi connectivity index (χ4v) is 1.09. The first-order chi connectivity index (χ1) is 5.38. The van der Waals surface area contributed by atoms with E-state index in [1.807, 2.05) is 18.2 Å². The van der Waals surface area contributed by atoms with Gasteiger partial charge in [-0.15, -0.1) is 0 Å². The van der Waals surface area contributed by atoms with E-state index in [2.05, 4.69) is 4.98 Å². The van der Waals surface area contributed by atoms with Gasteiger partial charge in [0.15, 0.2) is 0 Å². The molecule has 60 valence electrons. The molecule has 0 spiro atoms. The van der Waals surface area contributed by atoms with Crippen LogP contribution in [0, 0.1) is 0 Å². The van der Waals surface area contributed by atoms with Gasteiger partial charge in [-0.05, 0) is 12.1 Å². The van der Waals surface area contributed by atoms with Crippen LogP contribution in [0.3, 0.4) is 0 Å². The third kappa shape index (κ3) is 1.26. The second kappa shape index (κ2) is 3.26. The Morgan fingerprint density at radius 2 is 1.83 bits per heavy atom. The van der Waals surface area contributed by atoms with Gasteiger partial charge in [-0.3, -0.25) is 4.98 Å². The summed E-state index contributed by atoms with van der Waals surface area (Å²) in [6, 6.07) is 9.13. The summed E-state index contributed by atoms with van der Waals surface area (Å²) in [4.78, 5) is 4.03. The second-order valence-electron chi connectivity index (χ2n) is 2.35. The predicted molar refractivity (Wildman–Crippen MR) is 53.3 cm³/mol. The zero-order valence-electron chi connectivity index (χ0n) is 5.86. The number of aromatic nitrogens is 1. The first kappa shape index (κ1) is 8.59. The number of aromatic hydroxyl groups is 1. The summed E-state index contributed by atoms with van der Waals surface area (Å²) in [5.74, 6) is 0.239. The molecular formula is C9H10BNO. The molecule has 1 heterocycles. The molecule has 0 radical (unpaired) electrons. The van der Waals surface area contributed by atoms with E-state index in [-0.39, 0.29) is 14.2 Å². The van der Waals surface area contributed by atoms with Gasteiger partial charge >= 0.3 is 0 Å². The fraction of sp³-hybridized carbons (Fsp3) is 0. The van der Waals surface area contributed by atoms with E-state index >= 15 is 0 Å². The maximum Gasteiger partial charge on any atom is 0.141 e. The molecule has 3 heteroatoms. The Bertz CT molecular complexity index is 384. The lowest BCUT2D eigenvalue weighted by Crippen LogP contribution is -1.76. The molecule has 0 unspecified atom stereocenters. The summed E-state index contributed by atoms with van der Waals surface area (Å²) in [7, 11) is 0. The maximum atomic E-state index is 9.31. The number of hydrogen-bond acceptors (Lipinski definition) is 2. The van der Waals surface area contributed by atoms with Crippen LogP contribution >= 0.6 is 0 Å². The highest BCUT2D eigenvalue weighted by molar-refractivity contribution is 5.83. The Labute approximate surface area is 72.4 Å². The van der Waals surface area contributed by atoms with E-state index in [4.69, 9.17) is 0 Å². The van der Waals surface area contributed by atoms with Crippen molar-refractivity contribution in [2.45, 2.75) is 0 Å². The monoisotopic (exact) mass is 159 g/mol. The molecule has 1 aromatic carbocycles. The first-order valence-electron chi connectivity index (χ1n) is 3.40. The number of nitrogens with zero attached hydrogens (tertiary/aromatic N) is 1. The van der Waals surface area contributed by atoms with Gasteiger partial charge in [0.05, 0.1) is 8.41 Å². The third-order valence-electron chi connectivity index (χ3n) is 1.61. The van der Waals surface area contributed by atoms with Crippen LogP contribution in [-0.4, -0.2) is 18.5 Å². The number of para-hydroxylation sites is 1. The summed E-state index contributed by atoms with van der Waals surface area (Å²) in [6.07, 6.45) is 1.67. The van der Waals surface area contributed by atoms with Crippen LogP contribution in [0.15, 0.2) is 36.5 Å². The van der Waals surface area contributed by atoms with Crippen LogP contribution in [0.4, 0.5) is 0 Å². The minimum absolute atomic E-state index is 0. The number of phenolic OH excluding ortho intramolecular Hbond substituents is 1. The van der Waals surface area contributed by atoms with Crippen LogP contribution in [0.25, 0.3) is 10.9 Å². The summed E-state index contributed by atoms with van der Waals surface area (Å²) in [6.45, 7) is 0. The van der Waals surface area contributed by atoms with Crippen molar-refractivity contribution in [3.05, 3.63) is 36.5 Å². The standard InChI is InChI=1S/C9H7NO.BH3/c11-8-5-1-3-7-4-2-6-10-9(7)8;/h1-6,11H;1H3. The van der Waals surface area contributed by atoms with E-state index in [1.165, 1.54) is 0 Å². The van der Waals surface area contributed by atoms with Gasteiger partial charge in [0.25, 0.3) is 0 Å². The van der Waals surface area contributed by atoms with Crippen LogP contribution in [0.2, 0.25) is 0 Å². The largest absolute Gasteiger partial charge is 0.506 e. The van der Waals surface area contributed by atoms with Crippen molar-refractivity contribution < 1.29 is 5.11 Å². The Kier molecular flexibility index (Phi) is 2.33. The van der Waals surface area contributed by atoms with Crippen LogP contribution in [-0.2, 0) is 0 Å². The van der Waals surface area contributed by atoms with Crippen molar-refractivity contribution in [2.75, 3.05) is 0 Å². The van der Waals surface area contributed by atoms with E-state index < -0.39 is 0 Å². The minimum atomic E-state index is 0. The lowest BCUT2D eigenvalue weighted by atomic mass is 10.2. The Morgan fingerprint density at radius 3 is 2.58 bits per heavy atom. The van der Waals surface area contributed by atoms with Crippen molar-refractivity contribution in [1.29, 1.82) is 0 Å². The lowest BCUT2D eigenvalue weighted by molar-refractivity contribution is 0.480. The number of pyridine rings is 1. The molecule has 2 nitrogen and oxygen atoms in total. The molecule has 12 heavy (non-hydrogen) atoms. The number of rotatable bonds is 0. The van der Waals surface area contributed by atoms with Gasteiger partial charge < -0.3 is 5.11 Å². The van der Waals surface area contributed by atoms with Crippen LogP contribution in [0.5, 0.6) is 5.75 Å². The minimum Gasteiger partial charge on any atom is -0.506 e. The molecule has 0 fully saturated rings. The zero-order chi connectivity index (χ0) is 7.68. The van der Waals surface area contributed by atoms with Gasteiger partial charge in [-0.25, -0.2) is 0 Å². The third-order valence-corrected chi connectivity index (χ3v) is 1.61. The highest BCUT2D eigenvalue weighted by Gasteiger charge is 1.96. The summed E-state index contributed by atoms with van der Waals surface area (Å²) in [5, 5.41) is 10.3. The molecule has 0 aliphatic carbocycles. The topological polar surface area (TPSA) is 33.1 Å². The molecule has 1 N–H and O–H groups in total. The normalized spacial score (nSPS) is 9.33. The van der Waals surface area contributed by atoms with E-state index in [9.17, 15) is 5.11 Å². The molecule has 0 aliphatic rings. The Balaban J connectivity index is 0.000000720. The number of phenols is 1. The summed E-state index contributed by atoms with van der Waals surface area (Å²) < 4.78 is 0. The Morgan fingerprint density at radius 1 is 1.08 bits per heavy atom. The second-order valence-corrected chi connectivity index (χ2v) is 2.35. The molecule has 0 saturated carbocycles. The number of benzene rings is 1. The molecule has 0 bridgehead atoms. The van der Waals surface area contributed by atoms with Crippen molar-refractivity contribution in [2.24, 2.45) is 0 Å². The van der Waals surface area contributed by atoms with Gasteiger partial charge in [0.2, 0.25) is 0 Å². The average Bonchev–Trinajstić information content (AvgIpc) is 2.06. The first-order valence-corrected chi connectivity index (χ1v) is 3.40. The van der Waals surface area contributed by atoms with Gasteiger partial charge in [0.1, 0.15) is 11.3 Å². The van der Waals surface area contributed by atoms with E-state index in [1.54, 1.807) is 18.3 Å². The number of fused-ring (bicyclic) bond motifs is 1. The summed E-state index contributed by atoms with van der Waals surface area (Å²) >= 11 is 0. The Hall–Kier alpha value is -1.51. The van der Waals surface area contributed by atoms with Crippen molar-refractivity contribution >= 4 is 19.3 Å². The molecular weight excluding hydrogens is 149 g/mol. The van der Waals surface area contributed by atoms with Gasteiger partial charge in [-0.1, -0.05) is 18.2 Å². The van der Waals surface area contributed by atoms with Crippen molar-refractivity contribution in [1.82, 2.24) is 4.98 Å². The quantitative estimate of drug-likeness (QED) is 0.575. The summed E-state index contributed by atoms with van der Waals surface area (Å²) in [5.41, 5.74) is 0.662. The number of hydrogen-bond donors (Lipinski definition) is 1. The molecule has 0 amide bonds. The zero-order valence-corrected chi connectivity index (χ0v) is 5.86. The predicted octanol–water partition coefficient (Wildman–Crippen LogP) is 0.756. The SMILES string of the molecule is B.Oc1cccc2cccnc12. The van der Waals surface area contributed by atoms with Gasteiger partial charge in [0, 0.05) is 11.6 Å². The van der Waals surface area contributed by atoms with Crippen molar-refractivity contribution in [3.63, 3.8) is 0 Å². The molecule has 0 atom stereocenters. The van der Waals surface area contributed by atoms with E-state index in [0.29, 0.717) is 5.52 Å². The van der Waals surface area contributed by atoms with E-state index in [0.717, 1.165) is 5.39 Å². The molecule has 0 aliphatic heterocycles. The average molecular weight is 159 g/mol. The maximum absolute atomic E-state index is 9.31. The molecule has 0 saturated heterocycles. The highest BCUT2D eigenvalue weighted by Crippen LogP contribution is 2.20. The smallest absolute Gasteiger partial charge is 0.141 e. The van der Waals surface area contributed by atoms with Crippen LogP contribution in [0.1, 0.15) is 0 Å².